The van der Waals surface area contributed by atoms with Crippen LogP contribution in [0, 0.1) is 56.7 Å². The maximum absolute atomic E-state index is 12.8. The van der Waals surface area contributed by atoms with Gasteiger partial charge in [0.2, 0.25) is 5.91 Å². The van der Waals surface area contributed by atoms with Crippen LogP contribution in [0.5, 0.6) is 0 Å². The number of nitrogens with zero attached hydrogens (tertiary/aromatic N) is 1. The molecule has 1 amide bonds. The van der Waals surface area contributed by atoms with Crippen molar-refractivity contribution in [3.05, 3.63) is 0 Å². The molecule has 2 spiro atoms. The lowest BCUT2D eigenvalue weighted by atomic mass is 9.41. The van der Waals surface area contributed by atoms with Crippen LogP contribution in [0.1, 0.15) is 112 Å². The van der Waals surface area contributed by atoms with Gasteiger partial charge in [-0.05, 0) is 127 Å². The molecule has 8 fully saturated rings. The highest BCUT2D eigenvalue weighted by Crippen LogP contribution is 2.89. The van der Waals surface area contributed by atoms with E-state index < -0.39 is 0 Å². The van der Waals surface area contributed by atoms with Crippen molar-refractivity contribution in [2.24, 2.45) is 56.7 Å². The Morgan fingerprint density at radius 2 is 1.74 bits per heavy atom. The maximum atomic E-state index is 12.8. The monoisotopic (exact) mass is 583 g/mol. The predicted molar refractivity (Wildman–Crippen MR) is 160 cm³/mol. The summed E-state index contributed by atoms with van der Waals surface area (Å²) in [5.74, 6) is 3.65. The van der Waals surface area contributed by atoms with Gasteiger partial charge in [-0.3, -0.25) is 4.79 Å². The smallest absolute Gasteiger partial charge is 0.223 e. The number of amides is 1. The summed E-state index contributed by atoms with van der Waals surface area (Å²) in [6.45, 7) is 14.8. The van der Waals surface area contributed by atoms with Gasteiger partial charge in [-0.1, -0.05) is 34.6 Å². The lowest BCUT2D eigenvalue weighted by Crippen LogP contribution is -2.58. The van der Waals surface area contributed by atoms with Crippen molar-refractivity contribution < 1.29 is 24.1 Å². The number of morpholine rings is 1. The fraction of sp³-hybridized carbons (Fsp3) is 0.972. The molecule has 0 aromatic heterocycles. The Morgan fingerprint density at radius 3 is 2.50 bits per heavy atom. The SMILES string of the molecule is C[C@@H]1CC(CO)OC2C[C@@]3(C)[C@@H]4CCC5C(C)(C)[C@@H](OC6CN(C(=O)CC7CC7)CCO6)CCC56C[C@@]46CC[C@]3(C)C21. The summed E-state index contributed by atoms with van der Waals surface area (Å²) >= 11 is 0. The highest BCUT2D eigenvalue weighted by molar-refractivity contribution is 5.76. The Labute approximate surface area is 254 Å². The Morgan fingerprint density at radius 1 is 0.976 bits per heavy atom. The van der Waals surface area contributed by atoms with Gasteiger partial charge in [0.25, 0.3) is 0 Å². The van der Waals surface area contributed by atoms with Crippen LogP contribution in [-0.4, -0.2) is 66.8 Å². The second-order valence-corrected chi connectivity index (χ2v) is 17.7. The van der Waals surface area contributed by atoms with E-state index in [2.05, 4.69) is 34.6 Å². The van der Waals surface area contributed by atoms with E-state index in [4.69, 9.17) is 14.2 Å². The van der Waals surface area contributed by atoms with Gasteiger partial charge in [0.05, 0.1) is 38.1 Å². The average Bonchev–Trinajstić information content (AvgIpc) is 3.86. The zero-order valence-electron chi connectivity index (χ0n) is 27.0. The highest BCUT2D eigenvalue weighted by Gasteiger charge is 2.83. The molecule has 42 heavy (non-hydrogen) atoms. The van der Waals surface area contributed by atoms with Crippen LogP contribution in [0.25, 0.3) is 0 Å². The van der Waals surface area contributed by atoms with E-state index in [-0.39, 0.29) is 30.5 Å². The molecule has 0 bridgehead atoms. The van der Waals surface area contributed by atoms with E-state index in [0.717, 1.165) is 18.8 Å². The summed E-state index contributed by atoms with van der Waals surface area (Å²) in [6, 6.07) is 0. The lowest BCUT2D eigenvalue weighted by molar-refractivity contribution is -0.246. The van der Waals surface area contributed by atoms with E-state index in [1.807, 2.05) is 4.90 Å². The van der Waals surface area contributed by atoms with E-state index in [9.17, 15) is 9.90 Å². The zero-order chi connectivity index (χ0) is 29.3. The third-order valence-electron chi connectivity index (χ3n) is 15.8. The number of rotatable bonds is 5. The second-order valence-electron chi connectivity index (χ2n) is 17.7. The van der Waals surface area contributed by atoms with E-state index >= 15 is 0 Å². The molecule has 6 heteroatoms. The number of aliphatic hydroxyl groups is 1. The van der Waals surface area contributed by atoms with Crippen LogP contribution >= 0.6 is 0 Å². The van der Waals surface area contributed by atoms with Crippen molar-refractivity contribution in [2.45, 2.75) is 136 Å². The minimum Gasteiger partial charge on any atom is -0.394 e. The normalized spacial score (nSPS) is 54.2. The van der Waals surface area contributed by atoms with Gasteiger partial charge in [0.15, 0.2) is 6.29 Å². The van der Waals surface area contributed by atoms with E-state index in [1.165, 1.54) is 57.8 Å². The van der Waals surface area contributed by atoms with Gasteiger partial charge in [0.1, 0.15) is 0 Å². The number of fused-ring (bicyclic) bond motifs is 4. The zero-order valence-corrected chi connectivity index (χ0v) is 27.0. The van der Waals surface area contributed by atoms with Crippen LogP contribution < -0.4 is 0 Å². The molecule has 2 aliphatic heterocycles. The van der Waals surface area contributed by atoms with Crippen molar-refractivity contribution in [1.82, 2.24) is 4.90 Å². The fourth-order valence-corrected chi connectivity index (χ4v) is 13.6. The number of aliphatic hydroxyl groups excluding tert-OH is 1. The first-order valence-electron chi connectivity index (χ1n) is 17.8. The third-order valence-corrected chi connectivity index (χ3v) is 15.8. The molecule has 8 rings (SSSR count). The van der Waals surface area contributed by atoms with Crippen LogP contribution in [0.2, 0.25) is 0 Å². The molecule has 236 valence electrons. The number of hydrogen-bond acceptors (Lipinski definition) is 5. The molecule has 1 N–H and O–H groups in total. The summed E-state index contributed by atoms with van der Waals surface area (Å²) in [5.41, 5.74) is 1.72. The summed E-state index contributed by atoms with van der Waals surface area (Å²) in [7, 11) is 0. The number of carbonyl (C=O) groups excluding carboxylic acids is 1. The van der Waals surface area contributed by atoms with Crippen molar-refractivity contribution in [3.63, 3.8) is 0 Å². The molecular formula is C36H57NO5. The molecule has 2 saturated heterocycles. The Hall–Kier alpha value is -0.690. The Balaban J connectivity index is 0.995. The quantitative estimate of drug-likeness (QED) is 0.418. The number of hydrogen-bond donors (Lipinski definition) is 1. The summed E-state index contributed by atoms with van der Waals surface area (Å²) in [4.78, 5) is 14.8. The molecule has 6 saturated carbocycles. The molecule has 6 aliphatic carbocycles. The van der Waals surface area contributed by atoms with E-state index in [1.54, 1.807) is 0 Å². The van der Waals surface area contributed by atoms with Crippen molar-refractivity contribution in [3.8, 4) is 0 Å². The van der Waals surface area contributed by atoms with Gasteiger partial charge in [-0.25, -0.2) is 0 Å². The minimum absolute atomic E-state index is 0.0261. The molecule has 0 aromatic carbocycles. The summed E-state index contributed by atoms with van der Waals surface area (Å²) < 4.78 is 19.6. The minimum atomic E-state index is -0.286. The first-order chi connectivity index (χ1) is 20.0. The Bertz CT molecular complexity index is 1110. The van der Waals surface area contributed by atoms with Crippen LogP contribution in [0.15, 0.2) is 0 Å². The maximum Gasteiger partial charge on any atom is 0.223 e. The molecule has 8 aliphatic rings. The van der Waals surface area contributed by atoms with Crippen molar-refractivity contribution in [2.75, 3.05) is 26.3 Å². The molecule has 2 heterocycles. The largest absolute Gasteiger partial charge is 0.394 e. The molecule has 6 unspecified atom stereocenters. The second kappa shape index (κ2) is 9.42. The molecule has 6 nitrogen and oxygen atoms in total. The third kappa shape index (κ3) is 3.79. The first-order valence-corrected chi connectivity index (χ1v) is 17.8. The lowest BCUT2D eigenvalue weighted by Gasteiger charge is -2.63. The van der Waals surface area contributed by atoms with Crippen LogP contribution in [0.3, 0.4) is 0 Å². The van der Waals surface area contributed by atoms with Gasteiger partial charge in [-0.2, -0.15) is 0 Å². The summed E-state index contributed by atoms with van der Waals surface area (Å²) in [5, 5.41) is 9.96. The average molecular weight is 584 g/mol. The topological polar surface area (TPSA) is 68.2 Å². The molecule has 12 atom stereocenters. The molecule has 0 radical (unpaired) electrons. The Kier molecular flexibility index (Phi) is 6.45. The van der Waals surface area contributed by atoms with Gasteiger partial charge >= 0.3 is 0 Å². The van der Waals surface area contributed by atoms with Crippen LogP contribution in [0.4, 0.5) is 0 Å². The highest BCUT2D eigenvalue weighted by atomic mass is 16.7. The van der Waals surface area contributed by atoms with Crippen LogP contribution in [-0.2, 0) is 19.0 Å². The standard InChI is InChI=1S/C36H57NO5/c1-22-16-24(20-38)41-25-18-34(5)27-9-8-26-32(2,3)28(42-30-19-37(14-15-40-30)29(39)17-23-6-7-23)10-11-35(26)21-36(27,35)13-12-33(34,4)31(22)25/h22-28,30-31,38H,6-21H2,1-5H3/t22-,24?,25?,26?,27+,28+,30?,31?,33-,34+,35?,36+/m1/s1. The van der Waals surface area contributed by atoms with Crippen molar-refractivity contribution in [1.29, 1.82) is 0 Å². The van der Waals surface area contributed by atoms with Gasteiger partial charge < -0.3 is 24.2 Å². The fourth-order valence-electron chi connectivity index (χ4n) is 13.6. The van der Waals surface area contributed by atoms with Gasteiger partial charge in [-0.15, -0.1) is 0 Å². The van der Waals surface area contributed by atoms with Gasteiger partial charge in [0, 0.05) is 13.0 Å². The molecule has 0 aromatic rings. The van der Waals surface area contributed by atoms with E-state index in [0.29, 0.717) is 83.5 Å². The summed E-state index contributed by atoms with van der Waals surface area (Å²) in [6.07, 6.45) is 14.8. The number of ether oxygens (including phenoxy) is 3. The first kappa shape index (κ1) is 28.8. The predicted octanol–water partition coefficient (Wildman–Crippen LogP) is 6.19. The molecular weight excluding hydrogens is 526 g/mol. The van der Waals surface area contributed by atoms with Crippen molar-refractivity contribution >= 4 is 5.91 Å². The number of carbonyl (C=O) groups is 1.